The van der Waals surface area contributed by atoms with E-state index in [0.29, 0.717) is 6.61 Å². The summed E-state index contributed by atoms with van der Waals surface area (Å²) in [7, 11) is 0. The highest BCUT2D eigenvalue weighted by Crippen LogP contribution is 2.03. The van der Waals surface area contributed by atoms with E-state index in [0.717, 1.165) is 26.0 Å². The molecule has 0 aromatic carbocycles. The number of hydrogen-bond donors (Lipinski definition) is 2. The third kappa shape index (κ3) is 6.02. The molecule has 0 saturated carbocycles. The van der Waals surface area contributed by atoms with Gasteiger partial charge in [-0.1, -0.05) is 13.8 Å². The van der Waals surface area contributed by atoms with Gasteiger partial charge in [-0.05, 0) is 26.3 Å². The second-order valence-corrected chi connectivity index (χ2v) is 3.70. The highest BCUT2D eigenvalue weighted by molar-refractivity contribution is 4.81. The minimum absolute atomic E-state index is 0.122. The molecule has 0 bridgehead atoms. The quantitative estimate of drug-likeness (QED) is 0.563. The fourth-order valence-electron chi connectivity index (χ4n) is 1.02. The van der Waals surface area contributed by atoms with Crippen molar-refractivity contribution in [2.24, 2.45) is 0 Å². The van der Waals surface area contributed by atoms with E-state index < -0.39 is 0 Å². The van der Waals surface area contributed by atoms with Gasteiger partial charge >= 0.3 is 0 Å². The van der Waals surface area contributed by atoms with Crippen molar-refractivity contribution < 1.29 is 9.84 Å². The van der Waals surface area contributed by atoms with Crippen LogP contribution in [0.4, 0.5) is 0 Å². The Labute approximate surface area is 81.5 Å². The van der Waals surface area contributed by atoms with E-state index in [1.165, 1.54) is 0 Å². The summed E-state index contributed by atoms with van der Waals surface area (Å²) in [4.78, 5) is 0. The van der Waals surface area contributed by atoms with Crippen LogP contribution in [0.2, 0.25) is 0 Å². The monoisotopic (exact) mass is 189 g/mol. The molecule has 0 aliphatic heterocycles. The molecule has 0 aromatic rings. The zero-order valence-electron chi connectivity index (χ0n) is 9.10. The predicted molar refractivity (Wildman–Crippen MR) is 54.9 cm³/mol. The second kappa shape index (κ2) is 7.30. The van der Waals surface area contributed by atoms with E-state index in [9.17, 15) is 0 Å². The first-order chi connectivity index (χ1) is 6.18. The lowest BCUT2D eigenvalue weighted by atomic mass is 10.1. The summed E-state index contributed by atoms with van der Waals surface area (Å²) in [6.45, 7) is 8.57. The molecule has 3 nitrogen and oxygen atoms in total. The van der Waals surface area contributed by atoms with Crippen LogP contribution in [-0.4, -0.2) is 37.0 Å². The maximum Gasteiger partial charge on any atom is 0.0668 e. The van der Waals surface area contributed by atoms with Crippen LogP contribution in [0.25, 0.3) is 0 Å². The van der Waals surface area contributed by atoms with Crippen LogP contribution in [0.3, 0.4) is 0 Å². The van der Waals surface area contributed by atoms with Gasteiger partial charge in [0.15, 0.2) is 0 Å². The van der Waals surface area contributed by atoms with Crippen molar-refractivity contribution in [3.05, 3.63) is 0 Å². The Morgan fingerprint density at radius 1 is 1.31 bits per heavy atom. The molecule has 1 atom stereocenters. The Hall–Kier alpha value is -0.120. The van der Waals surface area contributed by atoms with Gasteiger partial charge in [-0.3, -0.25) is 0 Å². The van der Waals surface area contributed by atoms with Crippen molar-refractivity contribution in [3.63, 3.8) is 0 Å². The van der Waals surface area contributed by atoms with Gasteiger partial charge in [-0.15, -0.1) is 0 Å². The maximum absolute atomic E-state index is 9.17. The summed E-state index contributed by atoms with van der Waals surface area (Å²) in [6.07, 6.45) is 2.10. The van der Waals surface area contributed by atoms with Crippen LogP contribution in [-0.2, 0) is 4.74 Å². The lowest BCUT2D eigenvalue weighted by Crippen LogP contribution is -2.50. The van der Waals surface area contributed by atoms with Crippen LogP contribution in [0.15, 0.2) is 0 Å². The van der Waals surface area contributed by atoms with Gasteiger partial charge in [0, 0.05) is 6.61 Å². The first kappa shape index (κ1) is 12.9. The summed E-state index contributed by atoms with van der Waals surface area (Å²) in [5.41, 5.74) is -0.273. The first-order valence-corrected chi connectivity index (χ1v) is 5.12. The molecule has 2 N–H and O–H groups in total. The number of ether oxygens (including phenoxy) is 1. The highest BCUT2D eigenvalue weighted by Gasteiger charge is 2.21. The molecule has 0 aromatic heterocycles. The molecule has 0 aliphatic carbocycles. The molecule has 0 aliphatic rings. The standard InChI is InChI=1S/C10H23NO2/c1-4-6-11-10(3,8-12)9-13-7-5-2/h11-12H,4-9H2,1-3H3. The molecule has 0 radical (unpaired) electrons. The van der Waals surface area contributed by atoms with E-state index in [1.807, 2.05) is 6.92 Å². The molecule has 3 heteroatoms. The number of aliphatic hydroxyl groups is 1. The summed E-state index contributed by atoms with van der Waals surface area (Å²) < 4.78 is 5.41. The number of hydrogen-bond acceptors (Lipinski definition) is 3. The van der Waals surface area contributed by atoms with Crippen molar-refractivity contribution in [3.8, 4) is 0 Å². The molecular weight excluding hydrogens is 166 g/mol. The second-order valence-electron chi connectivity index (χ2n) is 3.70. The smallest absolute Gasteiger partial charge is 0.0668 e. The van der Waals surface area contributed by atoms with Gasteiger partial charge in [-0.2, -0.15) is 0 Å². The fraction of sp³-hybridized carbons (Fsp3) is 1.00. The Bertz CT molecular complexity index is 119. The predicted octanol–water partition coefficient (Wildman–Crippen LogP) is 1.16. The molecule has 0 rings (SSSR count). The number of nitrogens with one attached hydrogen (secondary N) is 1. The van der Waals surface area contributed by atoms with Crippen LogP contribution in [0.1, 0.15) is 33.6 Å². The summed E-state index contributed by atoms with van der Waals surface area (Å²) in [6, 6.07) is 0. The van der Waals surface area contributed by atoms with Crippen LogP contribution in [0.5, 0.6) is 0 Å². The molecule has 0 saturated heterocycles. The SMILES string of the molecule is CCCNC(C)(CO)COCCC. The minimum Gasteiger partial charge on any atom is -0.394 e. The Morgan fingerprint density at radius 2 is 2.00 bits per heavy atom. The van der Waals surface area contributed by atoms with E-state index in [2.05, 4.69) is 19.2 Å². The van der Waals surface area contributed by atoms with Crippen molar-refractivity contribution in [2.75, 3.05) is 26.4 Å². The van der Waals surface area contributed by atoms with E-state index >= 15 is 0 Å². The maximum atomic E-state index is 9.17. The summed E-state index contributed by atoms with van der Waals surface area (Å²) in [5, 5.41) is 12.4. The van der Waals surface area contributed by atoms with Crippen molar-refractivity contribution in [1.82, 2.24) is 5.32 Å². The minimum atomic E-state index is -0.273. The average Bonchev–Trinajstić information content (AvgIpc) is 2.15. The molecule has 1 unspecified atom stereocenters. The number of aliphatic hydroxyl groups excluding tert-OH is 1. The zero-order valence-corrected chi connectivity index (χ0v) is 9.10. The third-order valence-electron chi connectivity index (χ3n) is 1.92. The Kier molecular flexibility index (Phi) is 7.23. The van der Waals surface area contributed by atoms with Gasteiger partial charge in [0.25, 0.3) is 0 Å². The van der Waals surface area contributed by atoms with Crippen LogP contribution < -0.4 is 5.32 Å². The largest absolute Gasteiger partial charge is 0.394 e. The van der Waals surface area contributed by atoms with Gasteiger partial charge < -0.3 is 15.2 Å². The molecular formula is C10H23NO2. The normalized spacial score (nSPS) is 15.7. The van der Waals surface area contributed by atoms with Gasteiger partial charge in [0.2, 0.25) is 0 Å². The number of rotatable bonds is 8. The Morgan fingerprint density at radius 3 is 2.46 bits per heavy atom. The molecule has 0 heterocycles. The fourth-order valence-corrected chi connectivity index (χ4v) is 1.02. The van der Waals surface area contributed by atoms with Gasteiger partial charge in [0.05, 0.1) is 18.8 Å². The van der Waals surface area contributed by atoms with E-state index in [4.69, 9.17) is 9.84 Å². The van der Waals surface area contributed by atoms with Crippen molar-refractivity contribution in [2.45, 2.75) is 39.2 Å². The summed E-state index contributed by atoms with van der Waals surface area (Å²) in [5.74, 6) is 0. The first-order valence-electron chi connectivity index (χ1n) is 5.12. The van der Waals surface area contributed by atoms with E-state index in [1.54, 1.807) is 0 Å². The van der Waals surface area contributed by atoms with Crippen molar-refractivity contribution in [1.29, 1.82) is 0 Å². The third-order valence-corrected chi connectivity index (χ3v) is 1.92. The lowest BCUT2D eigenvalue weighted by Gasteiger charge is -2.28. The highest BCUT2D eigenvalue weighted by atomic mass is 16.5. The summed E-state index contributed by atoms with van der Waals surface area (Å²) >= 11 is 0. The molecule has 0 fully saturated rings. The molecule has 80 valence electrons. The molecule has 0 amide bonds. The van der Waals surface area contributed by atoms with Crippen LogP contribution in [0, 0.1) is 0 Å². The average molecular weight is 189 g/mol. The lowest BCUT2D eigenvalue weighted by molar-refractivity contribution is 0.0449. The van der Waals surface area contributed by atoms with Crippen molar-refractivity contribution >= 4 is 0 Å². The topological polar surface area (TPSA) is 41.5 Å². The van der Waals surface area contributed by atoms with Crippen LogP contribution >= 0.6 is 0 Å². The Balaban J connectivity index is 3.67. The van der Waals surface area contributed by atoms with Gasteiger partial charge in [0.1, 0.15) is 0 Å². The molecule has 0 spiro atoms. The van der Waals surface area contributed by atoms with E-state index in [-0.39, 0.29) is 12.1 Å². The zero-order chi connectivity index (χ0) is 10.2. The molecule has 13 heavy (non-hydrogen) atoms. The van der Waals surface area contributed by atoms with Gasteiger partial charge in [-0.25, -0.2) is 0 Å².